The first-order chi connectivity index (χ1) is 7.90. The van der Waals surface area contributed by atoms with E-state index < -0.39 is 0 Å². The standard InChI is InChI=1S/C14H27NO/c1-2-15-11-13(12-6-3-4-7-12)10-14-8-5-9-16-14/h12-15H,2-11H2,1H3. The van der Waals surface area contributed by atoms with Crippen LogP contribution in [-0.2, 0) is 4.74 Å². The molecule has 1 aliphatic heterocycles. The Morgan fingerprint density at radius 3 is 2.62 bits per heavy atom. The van der Waals surface area contributed by atoms with Crippen LogP contribution in [0.4, 0.5) is 0 Å². The molecule has 0 amide bonds. The van der Waals surface area contributed by atoms with Crippen LogP contribution < -0.4 is 5.32 Å². The van der Waals surface area contributed by atoms with E-state index in [0.29, 0.717) is 6.10 Å². The fraction of sp³-hybridized carbons (Fsp3) is 1.00. The van der Waals surface area contributed by atoms with Crippen molar-refractivity contribution in [3.63, 3.8) is 0 Å². The minimum absolute atomic E-state index is 0.573. The first-order valence-corrected chi connectivity index (χ1v) is 7.22. The van der Waals surface area contributed by atoms with Crippen LogP contribution in [0.3, 0.4) is 0 Å². The third kappa shape index (κ3) is 3.46. The average molecular weight is 225 g/mol. The molecule has 1 saturated heterocycles. The first kappa shape index (κ1) is 12.4. The zero-order valence-electron chi connectivity index (χ0n) is 10.7. The molecular formula is C14H27NO. The van der Waals surface area contributed by atoms with Crippen LogP contribution >= 0.6 is 0 Å². The van der Waals surface area contributed by atoms with Crippen LogP contribution in [0.1, 0.15) is 51.9 Å². The first-order valence-electron chi connectivity index (χ1n) is 7.22. The van der Waals surface area contributed by atoms with E-state index in [1.807, 2.05) is 0 Å². The second-order valence-corrected chi connectivity index (χ2v) is 5.48. The summed E-state index contributed by atoms with van der Waals surface area (Å²) in [4.78, 5) is 0. The van der Waals surface area contributed by atoms with Crippen molar-refractivity contribution < 1.29 is 4.74 Å². The molecule has 0 radical (unpaired) electrons. The summed E-state index contributed by atoms with van der Waals surface area (Å²) in [5, 5.41) is 3.54. The van der Waals surface area contributed by atoms with Crippen molar-refractivity contribution in [3.05, 3.63) is 0 Å². The van der Waals surface area contributed by atoms with Crippen molar-refractivity contribution in [2.75, 3.05) is 19.7 Å². The molecule has 1 aliphatic carbocycles. The molecule has 2 atom stereocenters. The molecule has 2 heteroatoms. The number of nitrogens with one attached hydrogen (secondary N) is 1. The highest BCUT2D eigenvalue weighted by molar-refractivity contribution is 4.80. The number of rotatable bonds is 6. The van der Waals surface area contributed by atoms with Crippen molar-refractivity contribution in [1.82, 2.24) is 5.32 Å². The Morgan fingerprint density at radius 1 is 1.19 bits per heavy atom. The van der Waals surface area contributed by atoms with E-state index >= 15 is 0 Å². The Hall–Kier alpha value is -0.0800. The summed E-state index contributed by atoms with van der Waals surface area (Å²) >= 11 is 0. The second-order valence-electron chi connectivity index (χ2n) is 5.48. The smallest absolute Gasteiger partial charge is 0.0579 e. The lowest BCUT2D eigenvalue weighted by Gasteiger charge is -2.26. The Kier molecular flexibility index (Phi) is 5.11. The molecule has 94 valence electrons. The normalized spacial score (nSPS) is 28.7. The molecule has 2 unspecified atom stereocenters. The van der Waals surface area contributed by atoms with Gasteiger partial charge in [0.1, 0.15) is 0 Å². The molecule has 2 fully saturated rings. The number of ether oxygens (including phenoxy) is 1. The third-order valence-electron chi connectivity index (χ3n) is 4.31. The molecule has 2 rings (SSSR count). The van der Waals surface area contributed by atoms with Gasteiger partial charge in [0.05, 0.1) is 6.10 Å². The molecule has 0 spiro atoms. The zero-order chi connectivity index (χ0) is 11.2. The van der Waals surface area contributed by atoms with Gasteiger partial charge < -0.3 is 10.1 Å². The number of hydrogen-bond acceptors (Lipinski definition) is 2. The average Bonchev–Trinajstić information content (AvgIpc) is 2.96. The van der Waals surface area contributed by atoms with Gasteiger partial charge in [-0.15, -0.1) is 0 Å². The summed E-state index contributed by atoms with van der Waals surface area (Å²) in [6.45, 7) is 5.52. The van der Waals surface area contributed by atoms with E-state index in [4.69, 9.17) is 4.74 Å². The Balaban J connectivity index is 1.80. The van der Waals surface area contributed by atoms with Crippen molar-refractivity contribution in [2.24, 2.45) is 11.8 Å². The van der Waals surface area contributed by atoms with Gasteiger partial charge in [0, 0.05) is 6.61 Å². The maximum atomic E-state index is 5.80. The predicted octanol–water partition coefficient (Wildman–Crippen LogP) is 2.97. The molecule has 1 heterocycles. The lowest BCUT2D eigenvalue weighted by molar-refractivity contribution is 0.0791. The van der Waals surface area contributed by atoms with Crippen LogP contribution in [0, 0.1) is 11.8 Å². The van der Waals surface area contributed by atoms with Gasteiger partial charge >= 0.3 is 0 Å². The van der Waals surface area contributed by atoms with Crippen molar-refractivity contribution in [3.8, 4) is 0 Å². The van der Waals surface area contributed by atoms with E-state index in [9.17, 15) is 0 Å². The van der Waals surface area contributed by atoms with Gasteiger partial charge in [0.2, 0.25) is 0 Å². The van der Waals surface area contributed by atoms with Gasteiger partial charge in [0.15, 0.2) is 0 Å². The lowest BCUT2D eigenvalue weighted by atomic mass is 9.85. The van der Waals surface area contributed by atoms with Gasteiger partial charge in [-0.05, 0) is 44.2 Å². The van der Waals surface area contributed by atoms with Crippen LogP contribution in [0.15, 0.2) is 0 Å². The largest absolute Gasteiger partial charge is 0.378 e. The topological polar surface area (TPSA) is 21.3 Å². The molecule has 0 bridgehead atoms. The summed E-state index contributed by atoms with van der Waals surface area (Å²) in [6, 6.07) is 0. The van der Waals surface area contributed by atoms with Crippen molar-refractivity contribution in [1.29, 1.82) is 0 Å². The van der Waals surface area contributed by atoms with Gasteiger partial charge in [0.25, 0.3) is 0 Å². The van der Waals surface area contributed by atoms with E-state index in [1.54, 1.807) is 0 Å². The van der Waals surface area contributed by atoms with E-state index in [1.165, 1.54) is 51.5 Å². The molecule has 0 aromatic rings. The zero-order valence-corrected chi connectivity index (χ0v) is 10.7. The van der Waals surface area contributed by atoms with Crippen LogP contribution in [0.2, 0.25) is 0 Å². The van der Waals surface area contributed by atoms with Crippen molar-refractivity contribution >= 4 is 0 Å². The second kappa shape index (κ2) is 6.61. The highest BCUT2D eigenvalue weighted by Gasteiger charge is 2.28. The summed E-state index contributed by atoms with van der Waals surface area (Å²) < 4.78 is 5.80. The highest BCUT2D eigenvalue weighted by atomic mass is 16.5. The summed E-state index contributed by atoms with van der Waals surface area (Å²) in [7, 11) is 0. The maximum Gasteiger partial charge on any atom is 0.0579 e. The number of hydrogen-bond donors (Lipinski definition) is 1. The molecule has 0 aromatic heterocycles. The summed E-state index contributed by atoms with van der Waals surface area (Å²) in [5.74, 6) is 1.84. The predicted molar refractivity (Wildman–Crippen MR) is 67.6 cm³/mol. The van der Waals surface area contributed by atoms with Crippen LogP contribution in [0.5, 0.6) is 0 Å². The Bertz CT molecular complexity index is 183. The monoisotopic (exact) mass is 225 g/mol. The van der Waals surface area contributed by atoms with Gasteiger partial charge in [-0.3, -0.25) is 0 Å². The van der Waals surface area contributed by atoms with E-state index in [2.05, 4.69) is 12.2 Å². The van der Waals surface area contributed by atoms with E-state index in [-0.39, 0.29) is 0 Å². The van der Waals surface area contributed by atoms with Gasteiger partial charge in [-0.2, -0.15) is 0 Å². The molecule has 1 N–H and O–H groups in total. The fourth-order valence-corrected chi connectivity index (χ4v) is 3.37. The van der Waals surface area contributed by atoms with Crippen LogP contribution in [0.25, 0.3) is 0 Å². The maximum absolute atomic E-state index is 5.80. The summed E-state index contributed by atoms with van der Waals surface area (Å²) in [5.41, 5.74) is 0. The molecular weight excluding hydrogens is 198 g/mol. The Labute approximate surface area is 100 Å². The Morgan fingerprint density at radius 2 is 2.00 bits per heavy atom. The fourth-order valence-electron chi connectivity index (χ4n) is 3.37. The third-order valence-corrected chi connectivity index (χ3v) is 4.31. The molecule has 1 saturated carbocycles. The highest BCUT2D eigenvalue weighted by Crippen LogP contribution is 2.35. The molecule has 2 nitrogen and oxygen atoms in total. The van der Waals surface area contributed by atoms with Gasteiger partial charge in [-0.25, -0.2) is 0 Å². The summed E-state index contributed by atoms with van der Waals surface area (Å²) in [6.07, 6.45) is 10.3. The van der Waals surface area contributed by atoms with Crippen molar-refractivity contribution in [2.45, 2.75) is 58.0 Å². The lowest BCUT2D eigenvalue weighted by Crippen LogP contribution is -2.30. The van der Waals surface area contributed by atoms with Crippen LogP contribution in [-0.4, -0.2) is 25.8 Å². The molecule has 16 heavy (non-hydrogen) atoms. The minimum atomic E-state index is 0.573. The SMILES string of the molecule is CCNCC(CC1CCCO1)C1CCCC1. The quantitative estimate of drug-likeness (QED) is 0.750. The van der Waals surface area contributed by atoms with Gasteiger partial charge in [-0.1, -0.05) is 32.6 Å². The minimum Gasteiger partial charge on any atom is -0.378 e. The molecule has 0 aromatic carbocycles. The van der Waals surface area contributed by atoms with E-state index in [0.717, 1.165) is 25.0 Å². The molecule has 2 aliphatic rings.